The lowest BCUT2D eigenvalue weighted by Crippen LogP contribution is -2.25. The molecule has 0 aromatic heterocycles. The van der Waals surface area contributed by atoms with Crippen LogP contribution in [0.3, 0.4) is 0 Å². The molecule has 1 rings (SSSR count). The second-order valence-corrected chi connectivity index (χ2v) is 4.22. The van der Waals surface area contributed by atoms with Gasteiger partial charge in [-0.15, -0.1) is 0 Å². The predicted molar refractivity (Wildman–Crippen MR) is 53.3 cm³/mol. The van der Waals surface area contributed by atoms with E-state index in [0.29, 0.717) is 11.8 Å². The van der Waals surface area contributed by atoms with Gasteiger partial charge in [-0.1, -0.05) is 20.8 Å². The second-order valence-electron chi connectivity index (χ2n) is 4.22. The standard InChI is InChI=1S/C11H20O2/c1-8(2)9(3)11(12)10-5-4-6-13-7-10/h7-9,11-12H,4-6H2,1-3H3. The van der Waals surface area contributed by atoms with E-state index < -0.39 is 0 Å². The molecule has 0 aromatic rings. The van der Waals surface area contributed by atoms with Crippen molar-refractivity contribution < 1.29 is 9.84 Å². The third-order valence-corrected chi connectivity index (χ3v) is 2.89. The predicted octanol–water partition coefficient (Wildman–Crippen LogP) is 2.33. The highest BCUT2D eigenvalue weighted by molar-refractivity contribution is 5.08. The summed E-state index contributed by atoms with van der Waals surface area (Å²) in [6, 6.07) is 0. The molecule has 13 heavy (non-hydrogen) atoms. The molecule has 0 amide bonds. The van der Waals surface area contributed by atoms with Crippen LogP contribution in [0, 0.1) is 11.8 Å². The largest absolute Gasteiger partial charge is 0.501 e. The summed E-state index contributed by atoms with van der Waals surface area (Å²) >= 11 is 0. The van der Waals surface area contributed by atoms with Crippen molar-refractivity contribution in [3.8, 4) is 0 Å². The Kier molecular flexibility index (Phi) is 3.79. The van der Waals surface area contributed by atoms with Gasteiger partial charge >= 0.3 is 0 Å². The van der Waals surface area contributed by atoms with E-state index in [4.69, 9.17) is 4.74 Å². The molecule has 1 aliphatic heterocycles. The number of aliphatic hydroxyl groups excluding tert-OH is 1. The van der Waals surface area contributed by atoms with Crippen molar-refractivity contribution in [3.63, 3.8) is 0 Å². The Morgan fingerprint density at radius 1 is 1.38 bits per heavy atom. The van der Waals surface area contributed by atoms with Crippen LogP contribution in [0.25, 0.3) is 0 Å². The van der Waals surface area contributed by atoms with Crippen molar-refractivity contribution in [2.75, 3.05) is 6.61 Å². The smallest absolute Gasteiger partial charge is 0.0876 e. The van der Waals surface area contributed by atoms with E-state index in [-0.39, 0.29) is 6.10 Å². The molecule has 2 heteroatoms. The molecule has 0 fully saturated rings. The van der Waals surface area contributed by atoms with Crippen LogP contribution in [0.15, 0.2) is 11.8 Å². The van der Waals surface area contributed by atoms with Gasteiger partial charge in [-0.3, -0.25) is 0 Å². The lowest BCUT2D eigenvalue weighted by atomic mass is 9.86. The molecule has 0 saturated carbocycles. The van der Waals surface area contributed by atoms with Crippen LogP contribution in [-0.4, -0.2) is 17.8 Å². The summed E-state index contributed by atoms with van der Waals surface area (Å²) in [6.07, 6.45) is 3.44. The van der Waals surface area contributed by atoms with E-state index in [9.17, 15) is 5.11 Å². The summed E-state index contributed by atoms with van der Waals surface area (Å²) in [5.41, 5.74) is 1.06. The number of hydrogen-bond donors (Lipinski definition) is 1. The van der Waals surface area contributed by atoms with Crippen LogP contribution in [0.2, 0.25) is 0 Å². The van der Waals surface area contributed by atoms with Crippen molar-refractivity contribution >= 4 is 0 Å². The maximum atomic E-state index is 9.96. The quantitative estimate of drug-likeness (QED) is 0.729. The number of ether oxygens (including phenoxy) is 1. The summed E-state index contributed by atoms with van der Waals surface area (Å²) < 4.78 is 5.21. The zero-order chi connectivity index (χ0) is 9.84. The van der Waals surface area contributed by atoms with Crippen molar-refractivity contribution in [1.29, 1.82) is 0 Å². The van der Waals surface area contributed by atoms with Crippen LogP contribution < -0.4 is 0 Å². The van der Waals surface area contributed by atoms with Gasteiger partial charge in [0.15, 0.2) is 0 Å². The average molecular weight is 184 g/mol. The summed E-state index contributed by atoms with van der Waals surface area (Å²) in [5.74, 6) is 0.825. The molecule has 0 bridgehead atoms. The Labute approximate surface area is 80.6 Å². The summed E-state index contributed by atoms with van der Waals surface area (Å²) in [7, 11) is 0. The third kappa shape index (κ3) is 2.73. The van der Waals surface area contributed by atoms with Gasteiger partial charge in [0.1, 0.15) is 0 Å². The minimum atomic E-state index is -0.319. The fraction of sp³-hybridized carbons (Fsp3) is 0.818. The number of hydrogen-bond acceptors (Lipinski definition) is 2. The molecular weight excluding hydrogens is 164 g/mol. The van der Waals surface area contributed by atoms with Crippen molar-refractivity contribution in [2.45, 2.75) is 39.7 Å². The van der Waals surface area contributed by atoms with Gasteiger partial charge in [0.2, 0.25) is 0 Å². The van der Waals surface area contributed by atoms with Gasteiger partial charge in [-0.05, 0) is 30.3 Å². The molecule has 0 saturated heterocycles. The van der Waals surface area contributed by atoms with Crippen LogP contribution >= 0.6 is 0 Å². The molecule has 0 spiro atoms. The highest BCUT2D eigenvalue weighted by atomic mass is 16.5. The molecule has 2 unspecified atom stereocenters. The molecule has 2 atom stereocenters. The van der Waals surface area contributed by atoms with Crippen LogP contribution in [0.5, 0.6) is 0 Å². The number of rotatable bonds is 3. The first-order valence-corrected chi connectivity index (χ1v) is 5.11. The minimum Gasteiger partial charge on any atom is -0.501 e. The third-order valence-electron chi connectivity index (χ3n) is 2.89. The highest BCUT2D eigenvalue weighted by Crippen LogP contribution is 2.24. The zero-order valence-electron chi connectivity index (χ0n) is 8.79. The van der Waals surface area contributed by atoms with Crippen molar-refractivity contribution in [3.05, 3.63) is 11.8 Å². The lowest BCUT2D eigenvalue weighted by Gasteiger charge is -2.26. The monoisotopic (exact) mass is 184 g/mol. The van der Waals surface area contributed by atoms with Crippen LogP contribution in [0.4, 0.5) is 0 Å². The maximum Gasteiger partial charge on any atom is 0.0876 e. The normalized spacial score (nSPS) is 22.1. The first-order valence-electron chi connectivity index (χ1n) is 5.11. The van der Waals surface area contributed by atoms with E-state index in [1.165, 1.54) is 0 Å². The number of aliphatic hydroxyl groups is 1. The molecule has 76 valence electrons. The molecule has 1 aliphatic rings. The van der Waals surface area contributed by atoms with Gasteiger partial charge in [-0.25, -0.2) is 0 Å². The summed E-state index contributed by atoms with van der Waals surface area (Å²) in [4.78, 5) is 0. The molecular formula is C11H20O2. The van der Waals surface area contributed by atoms with Gasteiger partial charge in [0.05, 0.1) is 19.0 Å². The molecule has 0 radical (unpaired) electrons. The van der Waals surface area contributed by atoms with Crippen LogP contribution in [0.1, 0.15) is 33.6 Å². The van der Waals surface area contributed by atoms with Crippen LogP contribution in [-0.2, 0) is 4.74 Å². The minimum absolute atomic E-state index is 0.313. The fourth-order valence-corrected chi connectivity index (χ4v) is 1.50. The van der Waals surface area contributed by atoms with E-state index in [1.807, 2.05) is 0 Å². The Bertz CT molecular complexity index is 185. The summed E-state index contributed by atoms with van der Waals surface area (Å²) in [6.45, 7) is 7.16. The SMILES string of the molecule is CC(C)C(C)C(O)C1=COCCC1. The van der Waals surface area contributed by atoms with E-state index in [2.05, 4.69) is 20.8 Å². The second kappa shape index (κ2) is 4.66. The highest BCUT2D eigenvalue weighted by Gasteiger charge is 2.22. The Hall–Kier alpha value is -0.500. The molecule has 1 heterocycles. The molecule has 1 N–H and O–H groups in total. The van der Waals surface area contributed by atoms with Gasteiger partial charge in [-0.2, -0.15) is 0 Å². The van der Waals surface area contributed by atoms with Crippen molar-refractivity contribution in [2.24, 2.45) is 11.8 Å². The van der Waals surface area contributed by atoms with Gasteiger partial charge in [0.25, 0.3) is 0 Å². The topological polar surface area (TPSA) is 29.5 Å². The average Bonchev–Trinajstić information content (AvgIpc) is 2.17. The lowest BCUT2D eigenvalue weighted by molar-refractivity contribution is 0.105. The first kappa shape index (κ1) is 10.6. The Morgan fingerprint density at radius 3 is 2.54 bits per heavy atom. The zero-order valence-corrected chi connectivity index (χ0v) is 8.79. The maximum absolute atomic E-state index is 9.96. The molecule has 0 aromatic carbocycles. The van der Waals surface area contributed by atoms with Gasteiger partial charge < -0.3 is 9.84 Å². The summed E-state index contributed by atoms with van der Waals surface area (Å²) in [5, 5.41) is 9.96. The molecule has 0 aliphatic carbocycles. The van der Waals surface area contributed by atoms with E-state index in [1.54, 1.807) is 6.26 Å². The van der Waals surface area contributed by atoms with Crippen molar-refractivity contribution in [1.82, 2.24) is 0 Å². The van der Waals surface area contributed by atoms with E-state index in [0.717, 1.165) is 25.0 Å². The fourth-order valence-electron chi connectivity index (χ4n) is 1.50. The van der Waals surface area contributed by atoms with Gasteiger partial charge in [0, 0.05) is 0 Å². The van der Waals surface area contributed by atoms with E-state index >= 15 is 0 Å². The Balaban J connectivity index is 2.54. The Morgan fingerprint density at radius 2 is 2.08 bits per heavy atom. The molecule has 2 nitrogen and oxygen atoms in total. The first-order chi connectivity index (χ1) is 6.13.